The lowest BCUT2D eigenvalue weighted by atomic mass is 9.89. The van der Waals surface area contributed by atoms with E-state index in [4.69, 9.17) is 0 Å². The van der Waals surface area contributed by atoms with Gasteiger partial charge in [0.05, 0.1) is 12.1 Å². The molecule has 0 radical (unpaired) electrons. The van der Waals surface area contributed by atoms with Gasteiger partial charge in [0.15, 0.2) is 0 Å². The van der Waals surface area contributed by atoms with Gasteiger partial charge in [0.1, 0.15) is 0 Å². The van der Waals surface area contributed by atoms with Crippen LogP contribution in [0.2, 0.25) is 0 Å². The second kappa shape index (κ2) is 5.89. The van der Waals surface area contributed by atoms with Crippen LogP contribution >= 0.6 is 0 Å². The summed E-state index contributed by atoms with van der Waals surface area (Å²) in [5.41, 5.74) is -0.0416. The van der Waals surface area contributed by atoms with E-state index in [1.807, 2.05) is 0 Å². The Balaban J connectivity index is 2.02. The molecule has 1 aliphatic carbocycles. The zero-order chi connectivity index (χ0) is 13.2. The molecule has 1 saturated heterocycles. The molecular weight excluding hydrogens is 224 g/mol. The molecule has 0 aromatic rings. The number of hydrogen-bond acceptors (Lipinski definition) is 3. The fraction of sp³-hybridized carbons (Fsp3) is 1.00. The number of piperidine rings is 1. The van der Waals surface area contributed by atoms with Crippen molar-refractivity contribution in [2.75, 3.05) is 26.2 Å². The van der Waals surface area contributed by atoms with Gasteiger partial charge < -0.3 is 10.4 Å². The number of nitrogens with one attached hydrogen (secondary N) is 1. The summed E-state index contributed by atoms with van der Waals surface area (Å²) in [7, 11) is 0. The van der Waals surface area contributed by atoms with Crippen LogP contribution in [-0.4, -0.2) is 47.8 Å². The second-order valence-corrected chi connectivity index (χ2v) is 6.58. The maximum Gasteiger partial charge on any atom is 0.0628 e. The minimum absolute atomic E-state index is 0.0416. The van der Waals surface area contributed by atoms with Crippen molar-refractivity contribution < 1.29 is 5.11 Å². The van der Waals surface area contributed by atoms with Gasteiger partial charge in [-0.05, 0) is 51.0 Å². The molecule has 2 N–H and O–H groups in total. The number of nitrogens with zero attached hydrogens (tertiary/aromatic N) is 1. The number of hydrogen-bond donors (Lipinski definition) is 2. The average molecular weight is 254 g/mol. The van der Waals surface area contributed by atoms with Crippen LogP contribution in [0.5, 0.6) is 0 Å². The van der Waals surface area contributed by atoms with E-state index in [0.29, 0.717) is 12.0 Å². The maximum atomic E-state index is 9.91. The Labute approximate surface area is 112 Å². The highest BCUT2D eigenvalue weighted by Crippen LogP contribution is 2.40. The van der Waals surface area contributed by atoms with E-state index in [-0.39, 0.29) is 12.1 Å². The lowest BCUT2D eigenvalue weighted by molar-refractivity contribution is 0.0460. The van der Waals surface area contributed by atoms with Gasteiger partial charge in [0, 0.05) is 19.1 Å². The minimum atomic E-state index is -0.0416. The smallest absolute Gasteiger partial charge is 0.0628 e. The van der Waals surface area contributed by atoms with Gasteiger partial charge in [-0.1, -0.05) is 13.8 Å². The van der Waals surface area contributed by atoms with E-state index in [0.717, 1.165) is 19.0 Å². The summed E-state index contributed by atoms with van der Waals surface area (Å²) in [4.78, 5) is 2.60. The molecule has 3 atom stereocenters. The number of aliphatic hydroxyl groups excluding tert-OH is 1. The average Bonchev–Trinajstić information content (AvgIpc) is 3.17. The Morgan fingerprint density at radius 1 is 1.22 bits per heavy atom. The standard InChI is InChI=1S/C15H30N2O/c1-4-16-15(11-18,14-7-8-14)10-17-9-12(2)5-6-13(17)3/h12-14,16,18H,4-11H2,1-3H3. The Bertz CT molecular complexity index is 267. The maximum absolute atomic E-state index is 9.91. The number of aliphatic hydroxyl groups is 1. The monoisotopic (exact) mass is 254 g/mol. The van der Waals surface area contributed by atoms with E-state index in [1.54, 1.807) is 0 Å². The molecule has 18 heavy (non-hydrogen) atoms. The molecule has 2 fully saturated rings. The van der Waals surface area contributed by atoms with Crippen LogP contribution in [0.15, 0.2) is 0 Å². The van der Waals surface area contributed by atoms with E-state index in [2.05, 4.69) is 31.0 Å². The van der Waals surface area contributed by atoms with E-state index in [9.17, 15) is 5.11 Å². The van der Waals surface area contributed by atoms with Gasteiger partial charge in [-0.25, -0.2) is 0 Å². The van der Waals surface area contributed by atoms with Crippen molar-refractivity contribution in [3.8, 4) is 0 Å². The third-order valence-electron chi connectivity index (χ3n) is 4.90. The Morgan fingerprint density at radius 3 is 2.50 bits per heavy atom. The number of likely N-dealkylation sites (tertiary alicyclic amines) is 1. The highest BCUT2D eigenvalue weighted by atomic mass is 16.3. The lowest BCUT2D eigenvalue weighted by Crippen LogP contribution is -2.60. The highest BCUT2D eigenvalue weighted by Gasteiger charge is 2.46. The Hall–Kier alpha value is -0.120. The van der Waals surface area contributed by atoms with Crippen LogP contribution in [0, 0.1) is 11.8 Å². The molecule has 1 saturated carbocycles. The zero-order valence-electron chi connectivity index (χ0n) is 12.3. The third kappa shape index (κ3) is 3.06. The molecule has 1 heterocycles. The molecule has 0 amide bonds. The summed E-state index contributed by atoms with van der Waals surface area (Å²) in [6, 6.07) is 0.671. The summed E-state index contributed by atoms with van der Waals surface area (Å²) in [5.74, 6) is 1.49. The van der Waals surface area contributed by atoms with Crippen molar-refractivity contribution in [2.24, 2.45) is 11.8 Å². The molecule has 3 unspecified atom stereocenters. The molecule has 3 nitrogen and oxygen atoms in total. The van der Waals surface area contributed by atoms with Gasteiger partial charge >= 0.3 is 0 Å². The fourth-order valence-corrected chi connectivity index (χ4v) is 3.51. The number of likely N-dealkylation sites (N-methyl/N-ethyl adjacent to an activating group) is 1. The normalized spacial score (nSPS) is 33.3. The molecule has 1 aliphatic heterocycles. The Morgan fingerprint density at radius 2 is 1.94 bits per heavy atom. The van der Waals surface area contributed by atoms with E-state index < -0.39 is 0 Å². The van der Waals surface area contributed by atoms with Crippen molar-refractivity contribution in [2.45, 2.75) is 58.0 Å². The largest absolute Gasteiger partial charge is 0.394 e. The SMILES string of the molecule is CCNC(CO)(CN1CC(C)CCC1C)C1CC1. The first-order valence-corrected chi connectivity index (χ1v) is 7.71. The summed E-state index contributed by atoms with van der Waals surface area (Å²) >= 11 is 0. The van der Waals surface area contributed by atoms with Crippen LogP contribution in [0.25, 0.3) is 0 Å². The topological polar surface area (TPSA) is 35.5 Å². The molecule has 2 rings (SSSR count). The third-order valence-corrected chi connectivity index (χ3v) is 4.90. The highest BCUT2D eigenvalue weighted by molar-refractivity contribution is 5.03. The zero-order valence-corrected chi connectivity index (χ0v) is 12.3. The van der Waals surface area contributed by atoms with Gasteiger partial charge in [0.2, 0.25) is 0 Å². The summed E-state index contributed by atoms with van der Waals surface area (Å²) in [5, 5.41) is 13.5. The predicted molar refractivity (Wildman–Crippen MR) is 75.7 cm³/mol. The number of rotatable bonds is 6. The van der Waals surface area contributed by atoms with Crippen LogP contribution < -0.4 is 5.32 Å². The van der Waals surface area contributed by atoms with Crippen molar-refractivity contribution in [1.82, 2.24) is 10.2 Å². The van der Waals surface area contributed by atoms with Crippen molar-refractivity contribution in [3.05, 3.63) is 0 Å². The van der Waals surface area contributed by atoms with Crippen LogP contribution in [0.4, 0.5) is 0 Å². The minimum Gasteiger partial charge on any atom is -0.394 e. The van der Waals surface area contributed by atoms with Crippen LogP contribution in [0.1, 0.15) is 46.5 Å². The summed E-state index contributed by atoms with van der Waals surface area (Å²) < 4.78 is 0. The second-order valence-electron chi connectivity index (χ2n) is 6.58. The first kappa shape index (κ1) is 14.3. The van der Waals surface area contributed by atoms with Crippen molar-refractivity contribution in [3.63, 3.8) is 0 Å². The first-order valence-electron chi connectivity index (χ1n) is 7.71. The fourth-order valence-electron chi connectivity index (χ4n) is 3.51. The van der Waals surface area contributed by atoms with Gasteiger partial charge in [-0.3, -0.25) is 4.90 Å². The first-order chi connectivity index (χ1) is 8.61. The molecule has 3 heteroatoms. The molecule has 0 spiro atoms. The lowest BCUT2D eigenvalue weighted by Gasteiger charge is -2.44. The molecule has 0 aromatic carbocycles. The molecule has 0 aromatic heterocycles. The van der Waals surface area contributed by atoms with Crippen molar-refractivity contribution >= 4 is 0 Å². The summed E-state index contributed by atoms with van der Waals surface area (Å²) in [6.07, 6.45) is 5.23. The van der Waals surface area contributed by atoms with E-state index >= 15 is 0 Å². The van der Waals surface area contributed by atoms with Crippen molar-refractivity contribution in [1.29, 1.82) is 0 Å². The van der Waals surface area contributed by atoms with E-state index in [1.165, 1.54) is 32.2 Å². The van der Waals surface area contributed by atoms with Gasteiger partial charge in [-0.15, -0.1) is 0 Å². The quantitative estimate of drug-likeness (QED) is 0.759. The van der Waals surface area contributed by atoms with Crippen LogP contribution in [0.3, 0.4) is 0 Å². The van der Waals surface area contributed by atoms with Gasteiger partial charge in [0.25, 0.3) is 0 Å². The van der Waals surface area contributed by atoms with Gasteiger partial charge in [-0.2, -0.15) is 0 Å². The molecule has 106 valence electrons. The molecule has 0 bridgehead atoms. The molecule has 2 aliphatic rings. The predicted octanol–water partition coefficient (Wildman–Crippen LogP) is 1.86. The van der Waals surface area contributed by atoms with Crippen LogP contribution in [-0.2, 0) is 0 Å². The summed E-state index contributed by atoms with van der Waals surface area (Å²) in [6.45, 7) is 10.3. The Kier molecular flexibility index (Phi) is 4.68. The molecular formula is C15H30N2O.